The van der Waals surface area contributed by atoms with Crippen LogP contribution in [0.4, 0.5) is 4.39 Å². The maximum atomic E-state index is 13.3. The highest BCUT2D eigenvalue weighted by atomic mass is 19.1. The molecule has 0 bridgehead atoms. The Morgan fingerprint density at radius 2 is 1.67 bits per heavy atom. The van der Waals surface area contributed by atoms with Crippen molar-refractivity contribution >= 4 is 0 Å². The molecule has 0 saturated carbocycles. The number of hydrogen-bond acceptors (Lipinski definition) is 5. The third kappa shape index (κ3) is 2.79. The number of hydrogen-bond donors (Lipinski definition) is 1. The number of fused-ring (bicyclic) bond motifs is 1. The Kier molecular flexibility index (Phi) is 4.00. The van der Waals surface area contributed by atoms with Crippen LogP contribution in [0.2, 0.25) is 0 Å². The summed E-state index contributed by atoms with van der Waals surface area (Å²) >= 11 is 0. The van der Waals surface area contributed by atoms with Gasteiger partial charge in [-0.25, -0.2) is 4.39 Å². The fraction of sp³-hybridized carbons (Fsp3) is 0.333. The zero-order chi connectivity index (χ0) is 16.5. The summed E-state index contributed by atoms with van der Waals surface area (Å²) in [4.78, 5) is 2.22. The van der Waals surface area contributed by atoms with E-state index in [-0.39, 0.29) is 24.4 Å². The van der Waals surface area contributed by atoms with Crippen molar-refractivity contribution < 1.29 is 23.7 Å². The van der Waals surface area contributed by atoms with Gasteiger partial charge in [-0.05, 0) is 23.8 Å². The van der Waals surface area contributed by atoms with Crippen molar-refractivity contribution in [3.8, 4) is 17.2 Å². The van der Waals surface area contributed by atoms with Gasteiger partial charge in [-0.2, -0.15) is 0 Å². The molecule has 2 heterocycles. The zero-order valence-electron chi connectivity index (χ0n) is 13.1. The number of benzene rings is 2. The molecule has 0 spiro atoms. The lowest BCUT2D eigenvalue weighted by Gasteiger charge is -2.35. The van der Waals surface area contributed by atoms with E-state index in [1.807, 2.05) is 0 Å². The monoisotopic (exact) mass is 331 g/mol. The lowest BCUT2D eigenvalue weighted by atomic mass is 9.95. The largest absolute Gasteiger partial charge is 0.507 e. The molecule has 24 heavy (non-hydrogen) atoms. The number of aromatic hydroxyl groups is 1. The Balaban J connectivity index is 1.78. The van der Waals surface area contributed by atoms with Crippen LogP contribution in [-0.4, -0.2) is 43.1 Å². The Hall–Kier alpha value is -2.31. The summed E-state index contributed by atoms with van der Waals surface area (Å²) < 4.78 is 29.5. The molecule has 5 nitrogen and oxygen atoms in total. The summed E-state index contributed by atoms with van der Waals surface area (Å²) in [5.74, 6) is 1.01. The van der Waals surface area contributed by atoms with Gasteiger partial charge in [0, 0.05) is 24.7 Å². The molecular weight excluding hydrogens is 313 g/mol. The second kappa shape index (κ2) is 6.30. The standard InChI is InChI=1S/C18H18FNO4/c19-13-3-1-12(2-4-13)18(20-5-7-22-8-6-20)14-9-16-17(10-15(14)21)24-11-23-16/h1-4,9-10,18,21H,5-8,11H2/t18-/m0/s1. The second-order valence-corrected chi connectivity index (χ2v) is 5.87. The van der Waals surface area contributed by atoms with Gasteiger partial charge in [-0.1, -0.05) is 12.1 Å². The van der Waals surface area contributed by atoms with Crippen molar-refractivity contribution in [3.63, 3.8) is 0 Å². The molecule has 2 aliphatic heterocycles. The van der Waals surface area contributed by atoms with Gasteiger partial charge in [0.05, 0.1) is 19.3 Å². The fourth-order valence-electron chi connectivity index (χ4n) is 3.23. The first-order valence-electron chi connectivity index (χ1n) is 7.92. The zero-order valence-corrected chi connectivity index (χ0v) is 13.1. The minimum absolute atomic E-state index is 0.139. The topological polar surface area (TPSA) is 51.2 Å². The first-order valence-corrected chi connectivity index (χ1v) is 7.92. The number of halogens is 1. The Morgan fingerprint density at radius 3 is 2.38 bits per heavy atom. The summed E-state index contributed by atoms with van der Waals surface area (Å²) in [5, 5.41) is 10.5. The first-order chi connectivity index (χ1) is 11.7. The molecule has 2 aliphatic rings. The van der Waals surface area contributed by atoms with E-state index in [1.165, 1.54) is 12.1 Å². The molecule has 1 atom stereocenters. The van der Waals surface area contributed by atoms with Gasteiger partial charge in [-0.15, -0.1) is 0 Å². The normalized spacial score (nSPS) is 18.5. The molecule has 1 saturated heterocycles. The lowest BCUT2D eigenvalue weighted by molar-refractivity contribution is 0.0235. The molecule has 4 rings (SSSR count). The molecule has 0 radical (unpaired) electrons. The third-order valence-corrected chi connectivity index (χ3v) is 4.41. The molecule has 0 aliphatic carbocycles. The van der Waals surface area contributed by atoms with Crippen LogP contribution in [0.3, 0.4) is 0 Å². The van der Waals surface area contributed by atoms with Crippen LogP contribution in [0, 0.1) is 5.82 Å². The average Bonchev–Trinajstić information content (AvgIpc) is 3.05. The van der Waals surface area contributed by atoms with Crippen molar-refractivity contribution in [2.24, 2.45) is 0 Å². The summed E-state index contributed by atoms with van der Waals surface area (Å²) in [6, 6.07) is 9.55. The fourth-order valence-corrected chi connectivity index (χ4v) is 3.23. The molecule has 1 N–H and O–H groups in total. The SMILES string of the molecule is Oc1cc2c(cc1[C@H](c1ccc(F)cc1)N1CCOCC1)OCO2. The number of rotatable bonds is 3. The predicted molar refractivity (Wildman–Crippen MR) is 84.9 cm³/mol. The van der Waals surface area contributed by atoms with E-state index in [9.17, 15) is 9.50 Å². The number of nitrogens with zero attached hydrogens (tertiary/aromatic N) is 1. The van der Waals surface area contributed by atoms with Crippen molar-refractivity contribution in [3.05, 3.63) is 53.3 Å². The number of morpholine rings is 1. The van der Waals surface area contributed by atoms with Crippen LogP contribution >= 0.6 is 0 Å². The predicted octanol–water partition coefficient (Wildman–Crippen LogP) is 2.68. The van der Waals surface area contributed by atoms with Gasteiger partial charge in [0.15, 0.2) is 11.5 Å². The van der Waals surface area contributed by atoms with Crippen molar-refractivity contribution in [2.75, 3.05) is 33.1 Å². The Bertz CT molecular complexity index is 729. The van der Waals surface area contributed by atoms with Gasteiger partial charge in [0.2, 0.25) is 6.79 Å². The summed E-state index contributed by atoms with van der Waals surface area (Å²) in [6.07, 6.45) is 0. The van der Waals surface area contributed by atoms with Crippen LogP contribution in [0.1, 0.15) is 17.2 Å². The van der Waals surface area contributed by atoms with E-state index in [0.29, 0.717) is 30.3 Å². The molecule has 0 aromatic heterocycles. The van der Waals surface area contributed by atoms with Crippen molar-refractivity contribution in [2.45, 2.75) is 6.04 Å². The highest BCUT2D eigenvalue weighted by molar-refractivity contribution is 5.54. The number of phenols is 1. The van der Waals surface area contributed by atoms with E-state index in [2.05, 4.69) is 4.90 Å². The molecule has 6 heteroatoms. The van der Waals surface area contributed by atoms with E-state index >= 15 is 0 Å². The molecule has 1 fully saturated rings. The maximum absolute atomic E-state index is 13.3. The Morgan fingerprint density at radius 1 is 1.00 bits per heavy atom. The molecule has 126 valence electrons. The van der Waals surface area contributed by atoms with E-state index < -0.39 is 0 Å². The molecule has 0 unspecified atom stereocenters. The van der Waals surface area contributed by atoms with E-state index in [0.717, 1.165) is 18.7 Å². The molecular formula is C18H18FNO4. The second-order valence-electron chi connectivity index (χ2n) is 5.87. The van der Waals surface area contributed by atoms with Crippen LogP contribution in [-0.2, 0) is 4.74 Å². The van der Waals surface area contributed by atoms with Crippen LogP contribution in [0.25, 0.3) is 0 Å². The maximum Gasteiger partial charge on any atom is 0.231 e. The number of ether oxygens (including phenoxy) is 3. The number of phenolic OH excluding ortho intramolecular Hbond substituents is 1. The lowest BCUT2D eigenvalue weighted by Crippen LogP contribution is -2.39. The molecule has 0 amide bonds. The molecule has 2 aromatic rings. The van der Waals surface area contributed by atoms with Crippen LogP contribution in [0.5, 0.6) is 17.2 Å². The van der Waals surface area contributed by atoms with Gasteiger partial charge in [0.1, 0.15) is 11.6 Å². The van der Waals surface area contributed by atoms with Gasteiger partial charge in [-0.3, -0.25) is 4.90 Å². The minimum Gasteiger partial charge on any atom is -0.507 e. The summed E-state index contributed by atoms with van der Waals surface area (Å²) in [5.41, 5.74) is 1.63. The first kappa shape index (κ1) is 15.2. The van der Waals surface area contributed by atoms with Crippen LogP contribution in [0.15, 0.2) is 36.4 Å². The van der Waals surface area contributed by atoms with Gasteiger partial charge in [0.25, 0.3) is 0 Å². The molecule has 2 aromatic carbocycles. The smallest absolute Gasteiger partial charge is 0.231 e. The van der Waals surface area contributed by atoms with Crippen LogP contribution < -0.4 is 9.47 Å². The average molecular weight is 331 g/mol. The van der Waals surface area contributed by atoms with E-state index in [4.69, 9.17) is 14.2 Å². The third-order valence-electron chi connectivity index (χ3n) is 4.41. The van der Waals surface area contributed by atoms with Gasteiger partial charge >= 0.3 is 0 Å². The van der Waals surface area contributed by atoms with Crippen molar-refractivity contribution in [1.29, 1.82) is 0 Å². The minimum atomic E-state index is -0.283. The van der Waals surface area contributed by atoms with Crippen molar-refractivity contribution in [1.82, 2.24) is 4.90 Å². The quantitative estimate of drug-likeness (QED) is 0.937. The summed E-state index contributed by atoms with van der Waals surface area (Å²) in [6.45, 7) is 2.87. The summed E-state index contributed by atoms with van der Waals surface area (Å²) in [7, 11) is 0. The highest BCUT2D eigenvalue weighted by Gasteiger charge is 2.29. The Labute approximate surface area is 139 Å². The van der Waals surface area contributed by atoms with E-state index in [1.54, 1.807) is 24.3 Å². The van der Waals surface area contributed by atoms with Gasteiger partial charge < -0.3 is 19.3 Å². The highest BCUT2D eigenvalue weighted by Crippen LogP contribution is 2.43.